The highest BCUT2D eigenvalue weighted by atomic mass is 32.2. The van der Waals surface area contributed by atoms with Gasteiger partial charge in [0.05, 0.1) is 23.7 Å². The lowest BCUT2D eigenvalue weighted by molar-refractivity contribution is -0.137. The van der Waals surface area contributed by atoms with Crippen LogP contribution in [0.2, 0.25) is 0 Å². The first-order valence-electron chi connectivity index (χ1n) is 10.7. The van der Waals surface area contributed by atoms with Crippen molar-refractivity contribution in [3.63, 3.8) is 0 Å². The van der Waals surface area contributed by atoms with Crippen molar-refractivity contribution in [2.24, 2.45) is 11.8 Å². The zero-order valence-corrected chi connectivity index (χ0v) is 17.7. The Morgan fingerprint density at radius 3 is 2.52 bits per heavy atom. The van der Waals surface area contributed by atoms with E-state index in [4.69, 9.17) is 9.84 Å². The Balaban J connectivity index is 1.46. The van der Waals surface area contributed by atoms with Crippen LogP contribution in [-0.4, -0.2) is 43.2 Å². The molecule has 0 radical (unpaired) electrons. The number of carboxylic acid groups (broad SMARTS) is 1. The predicted molar refractivity (Wildman–Crippen MR) is 114 cm³/mol. The standard InChI is InChI=1S/C23H32O5S/c24-23(25)11-7-2-1-6-10-19-20(22-13-12-21(19)28-22)15-17-29(26,27)16-14-18-8-4-3-5-9-18/h1,3-6,8-9,19-22H,2,7,10-17H2,(H,24,25)/b6-1-/t19-,20+,21-,22+/m1/s1. The van der Waals surface area contributed by atoms with Gasteiger partial charge in [0, 0.05) is 6.42 Å². The molecule has 6 heteroatoms. The van der Waals surface area contributed by atoms with Crippen molar-refractivity contribution in [1.82, 2.24) is 0 Å². The molecule has 1 aromatic rings. The SMILES string of the molecule is O=C(O)CCC/C=C\C[C@@H]1[C@H](CCS(=O)(=O)CCc2ccccc2)[C@@H]2CC[C@H]1O2. The first-order valence-corrected chi connectivity index (χ1v) is 12.5. The van der Waals surface area contributed by atoms with Gasteiger partial charge in [0.1, 0.15) is 0 Å². The zero-order chi connectivity index (χ0) is 20.7. The normalized spacial score (nSPS) is 26.3. The van der Waals surface area contributed by atoms with Crippen molar-refractivity contribution >= 4 is 15.8 Å². The van der Waals surface area contributed by atoms with Crippen LogP contribution in [0.1, 0.15) is 50.5 Å². The molecule has 5 nitrogen and oxygen atoms in total. The van der Waals surface area contributed by atoms with Crippen LogP contribution < -0.4 is 0 Å². The second kappa shape index (κ2) is 10.4. The van der Waals surface area contributed by atoms with E-state index >= 15 is 0 Å². The second-order valence-electron chi connectivity index (χ2n) is 8.29. The van der Waals surface area contributed by atoms with Gasteiger partial charge in [-0.05, 0) is 62.3 Å². The summed E-state index contributed by atoms with van der Waals surface area (Å²) >= 11 is 0. The molecule has 160 valence electrons. The van der Waals surface area contributed by atoms with E-state index in [0.29, 0.717) is 31.1 Å². The van der Waals surface area contributed by atoms with E-state index in [9.17, 15) is 13.2 Å². The van der Waals surface area contributed by atoms with Gasteiger partial charge >= 0.3 is 5.97 Å². The van der Waals surface area contributed by atoms with Crippen molar-refractivity contribution in [3.8, 4) is 0 Å². The maximum absolute atomic E-state index is 12.6. The van der Waals surface area contributed by atoms with E-state index in [1.54, 1.807) is 0 Å². The van der Waals surface area contributed by atoms with E-state index < -0.39 is 15.8 Å². The third-order valence-electron chi connectivity index (χ3n) is 6.23. The number of allylic oxidation sites excluding steroid dienone is 2. The third kappa shape index (κ3) is 6.68. The number of aryl methyl sites for hydroxylation is 1. The number of unbranched alkanes of at least 4 members (excludes halogenated alkanes) is 1. The molecule has 2 aliphatic rings. The Labute approximate surface area is 174 Å². The van der Waals surface area contributed by atoms with Crippen molar-refractivity contribution in [2.75, 3.05) is 11.5 Å². The van der Waals surface area contributed by atoms with E-state index in [1.807, 2.05) is 30.3 Å². The van der Waals surface area contributed by atoms with E-state index in [1.165, 1.54) is 0 Å². The molecule has 2 saturated heterocycles. The maximum atomic E-state index is 12.6. The van der Waals surface area contributed by atoms with Gasteiger partial charge in [0.2, 0.25) is 0 Å². The van der Waals surface area contributed by atoms with Crippen LogP contribution in [0.25, 0.3) is 0 Å². The molecule has 0 aromatic heterocycles. The molecule has 1 N–H and O–H groups in total. The van der Waals surface area contributed by atoms with Gasteiger partial charge in [-0.25, -0.2) is 8.42 Å². The zero-order valence-electron chi connectivity index (χ0n) is 16.9. The molecule has 2 heterocycles. The fourth-order valence-electron chi connectivity index (χ4n) is 4.68. The number of ether oxygens (including phenoxy) is 1. The van der Waals surface area contributed by atoms with Crippen LogP contribution >= 0.6 is 0 Å². The van der Waals surface area contributed by atoms with Crippen LogP contribution in [0.15, 0.2) is 42.5 Å². The molecule has 0 amide bonds. The topological polar surface area (TPSA) is 80.7 Å². The molecule has 0 saturated carbocycles. The highest BCUT2D eigenvalue weighted by Crippen LogP contribution is 2.46. The Hall–Kier alpha value is -1.66. The number of fused-ring (bicyclic) bond motifs is 2. The van der Waals surface area contributed by atoms with E-state index in [2.05, 4.69) is 12.2 Å². The fourth-order valence-corrected chi connectivity index (χ4v) is 6.06. The van der Waals surface area contributed by atoms with Gasteiger partial charge in [-0.2, -0.15) is 0 Å². The molecule has 29 heavy (non-hydrogen) atoms. The van der Waals surface area contributed by atoms with Crippen molar-refractivity contribution < 1.29 is 23.1 Å². The Bertz CT molecular complexity index is 787. The quantitative estimate of drug-likeness (QED) is 0.408. The molecule has 2 bridgehead atoms. The monoisotopic (exact) mass is 420 g/mol. The van der Waals surface area contributed by atoms with Gasteiger partial charge in [0.15, 0.2) is 9.84 Å². The molecular weight excluding hydrogens is 388 g/mol. The number of carboxylic acids is 1. The molecular formula is C23H32O5S. The number of sulfone groups is 1. The summed E-state index contributed by atoms with van der Waals surface area (Å²) in [4.78, 5) is 10.6. The molecule has 4 atom stereocenters. The van der Waals surface area contributed by atoms with E-state index in [0.717, 1.165) is 31.2 Å². The summed E-state index contributed by atoms with van der Waals surface area (Å²) in [6, 6.07) is 9.76. The molecule has 0 aliphatic carbocycles. The number of hydrogen-bond donors (Lipinski definition) is 1. The second-order valence-corrected chi connectivity index (χ2v) is 10.6. The number of rotatable bonds is 12. The summed E-state index contributed by atoms with van der Waals surface area (Å²) < 4.78 is 31.2. The highest BCUT2D eigenvalue weighted by molar-refractivity contribution is 7.91. The van der Waals surface area contributed by atoms with Crippen LogP contribution in [0.4, 0.5) is 0 Å². The molecule has 0 unspecified atom stereocenters. The largest absolute Gasteiger partial charge is 0.481 e. The van der Waals surface area contributed by atoms with Gasteiger partial charge in [-0.1, -0.05) is 42.5 Å². The molecule has 0 spiro atoms. The summed E-state index contributed by atoms with van der Waals surface area (Å²) in [6.45, 7) is 0. The van der Waals surface area contributed by atoms with Crippen molar-refractivity contribution in [3.05, 3.63) is 48.0 Å². The third-order valence-corrected chi connectivity index (χ3v) is 7.92. The summed E-state index contributed by atoms with van der Waals surface area (Å²) in [5.41, 5.74) is 1.06. The Kier molecular flexibility index (Phi) is 7.90. The van der Waals surface area contributed by atoms with Gasteiger partial charge in [-0.3, -0.25) is 4.79 Å². The minimum absolute atomic E-state index is 0.199. The highest BCUT2D eigenvalue weighted by Gasteiger charge is 2.47. The Morgan fingerprint density at radius 2 is 1.79 bits per heavy atom. The molecule has 2 aliphatic heterocycles. The van der Waals surface area contributed by atoms with E-state index in [-0.39, 0.29) is 30.1 Å². The minimum atomic E-state index is -3.08. The molecule has 1 aromatic carbocycles. The minimum Gasteiger partial charge on any atom is -0.481 e. The smallest absolute Gasteiger partial charge is 0.303 e. The van der Waals surface area contributed by atoms with Gasteiger partial charge in [0.25, 0.3) is 0 Å². The first-order chi connectivity index (χ1) is 13.9. The molecule has 3 rings (SSSR count). The number of aliphatic carboxylic acids is 1. The summed E-state index contributed by atoms with van der Waals surface area (Å²) in [7, 11) is -3.08. The predicted octanol–water partition coefficient (Wildman–Crippen LogP) is 4.03. The molecule has 2 fully saturated rings. The maximum Gasteiger partial charge on any atom is 0.303 e. The van der Waals surface area contributed by atoms with Gasteiger partial charge in [-0.15, -0.1) is 0 Å². The first kappa shape index (κ1) is 22.0. The number of benzene rings is 1. The van der Waals surface area contributed by atoms with Crippen molar-refractivity contribution in [1.29, 1.82) is 0 Å². The lowest BCUT2D eigenvalue weighted by Gasteiger charge is -2.27. The van der Waals surface area contributed by atoms with Crippen molar-refractivity contribution in [2.45, 2.75) is 63.6 Å². The van der Waals surface area contributed by atoms with Crippen LogP contribution in [0.3, 0.4) is 0 Å². The average Bonchev–Trinajstić information content (AvgIpc) is 3.30. The van der Waals surface area contributed by atoms with Gasteiger partial charge < -0.3 is 9.84 Å². The lowest BCUT2D eigenvalue weighted by atomic mass is 9.76. The average molecular weight is 421 g/mol. The lowest BCUT2D eigenvalue weighted by Crippen LogP contribution is -2.29. The van der Waals surface area contributed by atoms with Crippen LogP contribution in [0, 0.1) is 11.8 Å². The van der Waals surface area contributed by atoms with Crippen LogP contribution in [-0.2, 0) is 25.8 Å². The summed E-state index contributed by atoms with van der Waals surface area (Å²) in [6.07, 6.45) is 10.5. The summed E-state index contributed by atoms with van der Waals surface area (Å²) in [5, 5.41) is 8.69. The number of carbonyl (C=O) groups is 1. The fraction of sp³-hybridized carbons (Fsp3) is 0.609. The Morgan fingerprint density at radius 1 is 1.07 bits per heavy atom. The van der Waals surface area contributed by atoms with Crippen LogP contribution in [0.5, 0.6) is 0 Å². The summed E-state index contributed by atoms with van der Waals surface area (Å²) in [5.74, 6) is 0.370. The number of hydrogen-bond acceptors (Lipinski definition) is 4.